The summed E-state index contributed by atoms with van der Waals surface area (Å²) in [5.41, 5.74) is 1.19. The molecule has 6 nitrogen and oxygen atoms in total. The van der Waals surface area contributed by atoms with E-state index in [1.165, 1.54) is 7.11 Å². The van der Waals surface area contributed by atoms with Gasteiger partial charge in [0, 0.05) is 17.8 Å². The zero-order chi connectivity index (χ0) is 15.7. The summed E-state index contributed by atoms with van der Waals surface area (Å²) >= 11 is 5.07. The minimum atomic E-state index is -0.500. The summed E-state index contributed by atoms with van der Waals surface area (Å²) < 4.78 is 4.44. The second kappa shape index (κ2) is 8.70. The number of hydrogen-bond acceptors (Lipinski definition) is 4. The monoisotopic (exact) mass is 307 g/mol. The van der Waals surface area contributed by atoms with Crippen LogP contribution in [-0.4, -0.2) is 37.2 Å². The molecule has 0 aliphatic carbocycles. The maximum absolute atomic E-state index is 11.8. The molecule has 0 fully saturated rings. The highest BCUT2D eigenvalue weighted by Gasteiger charge is 2.08. The largest absolute Gasteiger partial charge is 0.468 e. The molecular weight excluding hydrogens is 290 g/mol. The Hall–Kier alpha value is -2.41. The molecule has 0 heterocycles. The van der Waals surface area contributed by atoms with Gasteiger partial charge >= 0.3 is 5.97 Å². The molecule has 0 atom stereocenters. The van der Waals surface area contributed by atoms with E-state index in [0.29, 0.717) is 17.2 Å². The Labute approximate surface area is 128 Å². The van der Waals surface area contributed by atoms with Crippen LogP contribution in [0.1, 0.15) is 10.4 Å². The zero-order valence-electron chi connectivity index (χ0n) is 11.6. The van der Waals surface area contributed by atoms with Gasteiger partial charge in [-0.2, -0.15) is 0 Å². The Morgan fingerprint density at radius 3 is 2.52 bits per heavy atom. The molecular formula is C14H17N3O3S. The number of rotatable bonds is 6. The standard InChI is InChI=1S/C14H17N3O3S/c1-3-8-15-14(21)17-11-6-4-10(5-7-11)13(19)16-9-12(18)20-2/h3-7H,1,8-9H2,2H3,(H,16,19)(H2,15,17,21). The fourth-order valence-corrected chi connectivity index (χ4v) is 1.57. The van der Waals surface area contributed by atoms with Gasteiger partial charge in [-0.1, -0.05) is 6.08 Å². The van der Waals surface area contributed by atoms with E-state index in [2.05, 4.69) is 27.3 Å². The van der Waals surface area contributed by atoms with Gasteiger partial charge in [0.25, 0.3) is 5.91 Å². The Bertz CT molecular complexity index is 529. The van der Waals surface area contributed by atoms with Crippen molar-refractivity contribution in [1.29, 1.82) is 0 Å². The molecule has 3 N–H and O–H groups in total. The maximum atomic E-state index is 11.8. The number of amides is 1. The molecule has 0 radical (unpaired) electrons. The molecule has 21 heavy (non-hydrogen) atoms. The highest BCUT2D eigenvalue weighted by atomic mass is 32.1. The number of ether oxygens (including phenoxy) is 1. The molecule has 0 saturated carbocycles. The zero-order valence-corrected chi connectivity index (χ0v) is 12.5. The van der Waals surface area contributed by atoms with E-state index in [0.717, 1.165) is 5.69 Å². The van der Waals surface area contributed by atoms with E-state index in [9.17, 15) is 9.59 Å². The second-order valence-electron chi connectivity index (χ2n) is 3.96. The normalized spacial score (nSPS) is 9.38. The molecule has 1 aromatic carbocycles. The van der Waals surface area contributed by atoms with Crippen molar-refractivity contribution in [3.63, 3.8) is 0 Å². The van der Waals surface area contributed by atoms with Crippen LogP contribution in [0.5, 0.6) is 0 Å². The van der Waals surface area contributed by atoms with Crippen molar-refractivity contribution < 1.29 is 14.3 Å². The number of hydrogen-bond donors (Lipinski definition) is 3. The number of esters is 1. The molecule has 0 aromatic heterocycles. The second-order valence-corrected chi connectivity index (χ2v) is 4.37. The first-order chi connectivity index (χ1) is 10.1. The van der Waals surface area contributed by atoms with E-state index in [4.69, 9.17) is 12.2 Å². The van der Waals surface area contributed by atoms with Gasteiger partial charge in [0.2, 0.25) is 0 Å². The summed E-state index contributed by atoms with van der Waals surface area (Å²) in [7, 11) is 1.26. The summed E-state index contributed by atoms with van der Waals surface area (Å²) in [5.74, 6) is -0.848. The molecule has 0 aliphatic rings. The van der Waals surface area contributed by atoms with Crippen molar-refractivity contribution in [1.82, 2.24) is 10.6 Å². The number of thiocarbonyl (C=S) groups is 1. The molecule has 0 bridgehead atoms. The van der Waals surface area contributed by atoms with Gasteiger partial charge in [-0.25, -0.2) is 0 Å². The molecule has 1 rings (SSSR count). The lowest BCUT2D eigenvalue weighted by atomic mass is 10.2. The Kier molecular flexibility index (Phi) is 6.90. The van der Waals surface area contributed by atoms with Gasteiger partial charge in [-0.3, -0.25) is 9.59 Å². The van der Waals surface area contributed by atoms with Crippen LogP contribution in [0.15, 0.2) is 36.9 Å². The smallest absolute Gasteiger partial charge is 0.325 e. The summed E-state index contributed by atoms with van der Waals surface area (Å²) in [4.78, 5) is 22.7. The van der Waals surface area contributed by atoms with Gasteiger partial charge in [0.15, 0.2) is 5.11 Å². The molecule has 112 valence electrons. The van der Waals surface area contributed by atoms with Crippen LogP contribution in [0.4, 0.5) is 5.69 Å². The predicted molar refractivity (Wildman–Crippen MR) is 85.2 cm³/mol. The number of carbonyl (C=O) groups excluding carboxylic acids is 2. The Morgan fingerprint density at radius 2 is 1.95 bits per heavy atom. The average molecular weight is 307 g/mol. The van der Waals surface area contributed by atoms with E-state index in [1.807, 2.05) is 0 Å². The molecule has 1 aromatic rings. The molecule has 0 aliphatic heterocycles. The minimum absolute atomic E-state index is 0.162. The molecule has 0 spiro atoms. The van der Waals surface area contributed by atoms with Crippen molar-refractivity contribution in [2.24, 2.45) is 0 Å². The number of methoxy groups -OCH3 is 1. The fourth-order valence-electron chi connectivity index (χ4n) is 1.37. The first kappa shape index (κ1) is 16.6. The van der Waals surface area contributed by atoms with Crippen LogP contribution in [0.2, 0.25) is 0 Å². The minimum Gasteiger partial charge on any atom is -0.468 e. The number of nitrogens with one attached hydrogen (secondary N) is 3. The third-order valence-corrected chi connectivity index (χ3v) is 2.68. The first-order valence-corrected chi connectivity index (χ1v) is 6.58. The molecule has 0 unspecified atom stereocenters. The first-order valence-electron chi connectivity index (χ1n) is 6.17. The predicted octanol–water partition coefficient (Wildman–Crippen LogP) is 1.06. The summed E-state index contributed by atoms with van der Waals surface area (Å²) in [6.07, 6.45) is 1.70. The Balaban J connectivity index is 2.53. The summed E-state index contributed by atoms with van der Waals surface area (Å²) in [6.45, 7) is 3.99. The highest BCUT2D eigenvalue weighted by molar-refractivity contribution is 7.80. The number of anilines is 1. The third kappa shape index (κ3) is 6.05. The maximum Gasteiger partial charge on any atom is 0.325 e. The molecule has 1 amide bonds. The fraction of sp³-hybridized carbons (Fsp3) is 0.214. The van der Waals surface area contributed by atoms with Crippen molar-refractivity contribution in [3.05, 3.63) is 42.5 Å². The van der Waals surface area contributed by atoms with Crippen LogP contribution >= 0.6 is 12.2 Å². The van der Waals surface area contributed by atoms with Crippen molar-refractivity contribution in [2.45, 2.75) is 0 Å². The van der Waals surface area contributed by atoms with E-state index >= 15 is 0 Å². The average Bonchev–Trinajstić information content (AvgIpc) is 2.50. The highest BCUT2D eigenvalue weighted by Crippen LogP contribution is 2.09. The van der Waals surface area contributed by atoms with Gasteiger partial charge in [0.1, 0.15) is 6.54 Å². The van der Waals surface area contributed by atoms with Gasteiger partial charge in [-0.15, -0.1) is 6.58 Å². The molecule has 0 saturated heterocycles. The lowest BCUT2D eigenvalue weighted by Gasteiger charge is -2.09. The third-order valence-electron chi connectivity index (χ3n) is 2.43. The van der Waals surface area contributed by atoms with E-state index in [1.54, 1.807) is 30.3 Å². The number of carbonyl (C=O) groups is 2. The summed E-state index contributed by atoms with van der Waals surface area (Å²) in [6, 6.07) is 6.69. The van der Waals surface area contributed by atoms with Crippen molar-refractivity contribution >= 4 is 34.9 Å². The number of benzene rings is 1. The van der Waals surface area contributed by atoms with Crippen molar-refractivity contribution in [3.8, 4) is 0 Å². The summed E-state index contributed by atoms with van der Waals surface area (Å²) in [5, 5.41) is 8.82. The van der Waals surface area contributed by atoms with Crippen LogP contribution in [0.25, 0.3) is 0 Å². The van der Waals surface area contributed by atoms with Crippen molar-refractivity contribution in [2.75, 3.05) is 25.5 Å². The van der Waals surface area contributed by atoms with E-state index in [-0.39, 0.29) is 12.5 Å². The SMILES string of the molecule is C=CCNC(=S)Nc1ccc(C(=O)NCC(=O)OC)cc1. The van der Waals surface area contributed by atoms with Crippen LogP contribution in [0.3, 0.4) is 0 Å². The quantitative estimate of drug-likeness (QED) is 0.414. The van der Waals surface area contributed by atoms with Gasteiger partial charge < -0.3 is 20.7 Å². The lowest BCUT2D eigenvalue weighted by Crippen LogP contribution is -2.30. The topological polar surface area (TPSA) is 79.5 Å². The van der Waals surface area contributed by atoms with Gasteiger partial charge in [0.05, 0.1) is 7.11 Å². The van der Waals surface area contributed by atoms with Gasteiger partial charge in [-0.05, 0) is 36.5 Å². The van der Waals surface area contributed by atoms with Crippen LogP contribution < -0.4 is 16.0 Å². The molecule has 7 heteroatoms. The van der Waals surface area contributed by atoms with Crippen LogP contribution in [-0.2, 0) is 9.53 Å². The van der Waals surface area contributed by atoms with Crippen LogP contribution in [0, 0.1) is 0 Å². The van der Waals surface area contributed by atoms with E-state index < -0.39 is 5.97 Å². The Morgan fingerprint density at radius 1 is 1.29 bits per heavy atom. The lowest BCUT2D eigenvalue weighted by molar-refractivity contribution is -0.139.